The van der Waals surface area contributed by atoms with Crippen molar-refractivity contribution in [3.05, 3.63) is 56.2 Å². The summed E-state index contributed by atoms with van der Waals surface area (Å²) in [7, 11) is 0. The first kappa shape index (κ1) is 14.8. The average molecular weight is 417 g/mol. The van der Waals surface area contributed by atoms with Crippen LogP contribution in [0.15, 0.2) is 39.3 Å². The molecular weight excluding hydrogens is 405 g/mol. The monoisotopic (exact) mass is 415 g/mol. The Labute approximate surface area is 138 Å². The van der Waals surface area contributed by atoms with Crippen LogP contribution in [0.4, 0.5) is 4.39 Å². The second kappa shape index (κ2) is 5.94. The Hall–Kier alpha value is -1.11. The highest BCUT2D eigenvalue weighted by atomic mass is 79.9. The molecule has 3 nitrogen and oxygen atoms in total. The zero-order valence-corrected chi connectivity index (χ0v) is 14.1. The van der Waals surface area contributed by atoms with Gasteiger partial charge in [0.05, 0.1) is 10.5 Å². The Morgan fingerprint density at radius 2 is 1.71 bits per heavy atom. The zero-order chi connectivity index (χ0) is 15.0. The molecule has 6 heteroatoms. The maximum atomic E-state index is 13.7. The van der Waals surface area contributed by atoms with E-state index in [1.54, 1.807) is 12.1 Å². The van der Waals surface area contributed by atoms with Crippen molar-refractivity contribution in [1.29, 1.82) is 0 Å². The molecule has 2 N–H and O–H groups in total. The molecule has 2 aromatic carbocycles. The molecular formula is C15H12Br2FNO2. The summed E-state index contributed by atoms with van der Waals surface area (Å²) in [4.78, 5) is 0. The number of hydrogen-bond acceptors (Lipinski definition) is 3. The lowest BCUT2D eigenvalue weighted by Crippen LogP contribution is -2.18. The molecule has 0 spiro atoms. The highest BCUT2D eigenvalue weighted by Gasteiger charge is 2.21. The average Bonchev–Trinajstić information content (AvgIpc) is 2.48. The number of halogens is 3. The van der Waals surface area contributed by atoms with E-state index in [0.717, 1.165) is 10.0 Å². The minimum Gasteiger partial charge on any atom is -0.486 e. The Bertz CT molecular complexity index is 694. The first-order valence-corrected chi connectivity index (χ1v) is 7.95. The molecule has 0 aromatic heterocycles. The number of ether oxygens (including phenoxy) is 2. The van der Waals surface area contributed by atoms with E-state index in [9.17, 15) is 4.39 Å². The summed E-state index contributed by atoms with van der Waals surface area (Å²) in [5.74, 6) is 1.00. The van der Waals surface area contributed by atoms with Gasteiger partial charge < -0.3 is 15.2 Å². The molecule has 3 rings (SSSR count). The molecule has 1 aliphatic rings. The third kappa shape index (κ3) is 2.80. The van der Waals surface area contributed by atoms with Crippen molar-refractivity contribution >= 4 is 31.9 Å². The molecule has 0 saturated heterocycles. The van der Waals surface area contributed by atoms with Crippen LogP contribution in [-0.2, 0) is 0 Å². The topological polar surface area (TPSA) is 44.5 Å². The lowest BCUT2D eigenvalue weighted by atomic mass is 9.99. The van der Waals surface area contributed by atoms with Crippen molar-refractivity contribution < 1.29 is 13.9 Å². The van der Waals surface area contributed by atoms with Gasteiger partial charge >= 0.3 is 0 Å². The van der Waals surface area contributed by atoms with Crippen molar-refractivity contribution in [2.24, 2.45) is 5.73 Å². The van der Waals surface area contributed by atoms with Crippen molar-refractivity contribution in [3.63, 3.8) is 0 Å². The van der Waals surface area contributed by atoms with E-state index in [1.165, 1.54) is 6.07 Å². The number of nitrogens with two attached hydrogens (primary N) is 1. The van der Waals surface area contributed by atoms with Crippen LogP contribution in [0.25, 0.3) is 0 Å². The third-order valence-corrected chi connectivity index (χ3v) is 4.84. The van der Waals surface area contributed by atoms with Crippen molar-refractivity contribution in [2.75, 3.05) is 13.2 Å². The first-order chi connectivity index (χ1) is 10.1. The Morgan fingerprint density at radius 3 is 2.43 bits per heavy atom. The molecule has 110 valence electrons. The largest absolute Gasteiger partial charge is 0.486 e. The fourth-order valence-electron chi connectivity index (χ4n) is 2.25. The summed E-state index contributed by atoms with van der Waals surface area (Å²) in [5, 5.41) is 0. The summed E-state index contributed by atoms with van der Waals surface area (Å²) in [6, 6.07) is 8.00. The van der Waals surface area contributed by atoms with Crippen LogP contribution in [0.3, 0.4) is 0 Å². The van der Waals surface area contributed by atoms with Crippen LogP contribution in [0.5, 0.6) is 11.5 Å². The van der Waals surface area contributed by atoms with E-state index in [2.05, 4.69) is 31.9 Å². The summed E-state index contributed by atoms with van der Waals surface area (Å²) < 4.78 is 25.9. The molecule has 0 radical (unpaired) electrons. The van der Waals surface area contributed by atoms with Crippen LogP contribution in [0.2, 0.25) is 0 Å². The summed E-state index contributed by atoms with van der Waals surface area (Å²) in [6.07, 6.45) is 0. The lowest BCUT2D eigenvalue weighted by molar-refractivity contribution is 0.171. The SMILES string of the molecule is NC(c1cc2c(cc1Br)OCCO2)c1cccc(F)c1Br. The van der Waals surface area contributed by atoms with Gasteiger partial charge in [0.1, 0.15) is 19.0 Å². The minimum atomic E-state index is -0.486. The molecule has 0 amide bonds. The Balaban J connectivity index is 2.05. The third-order valence-electron chi connectivity index (χ3n) is 3.31. The van der Waals surface area contributed by atoms with Gasteiger partial charge in [-0.1, -0.05) is 28.1 Å². The van der Waals surface area contributed by atoms with Crippen molar-refractivity contribution in [1.82, 2.24) is 0 Å². The predicted molar refractivity (Wildman–Crippen MR) is 85.3 cm³/mol. The first-order valence-electron chi connectivity index (χ1n) is 6.36. The van der Waals surface area contributed by atoms with E-state index in [1.807, 2.05) is 12.1 Å². The van der Waals surface area contributed by atoms with E-state index >= 15 is 0 Å². The summed E-state index contributed by atoms with van der Waals surface area (Å²) in [6.45, 7) is 1.03. The normalized spacial score (nSPS) is 14.9. The number of rotatable bonds is 2. The molecule has 0 fully saturated rings. The van der Waals surface area contributed by atoms with Crippen molar-refractivity contribution in [2.45, 2.75) is 6.04 Å². The Morgan fingerprint density at radius 1 is 1.05 bits per heavy atom. The van der Waals surface area contributed by atoms with E-state index < -0.39 is 6.04 Å². The zero-order valence-electron chi connectivity index (χ0n) is 10.9. The second-order valence-corrected chi connectivity index (χ2v) is 6.29. The highest BCUT2D eigenvalue weighted by molar-refractivity contribution is 9.10. The van der Waals surface area contributed by atoms with Gasteiger partial charge in [0.15, 0.2) is 11.5 Å². The molecule has 1 aliphatic heterocycles. The van der Waals surface area contributed by atoms with Crippen LogP contribution in [0, 0.1) is 5.82 Å². The van der Waals surface area contributed by atoms with Gasteiger partial charge in [-0.15, -0.1) is 0 Å². The molecule has 1 heterocycles. The van der Waals surface area contributed by atoms with Crippen LogP contribution in [0.1, 0.15) is 17.2 Å². The fraction of sp³-hybridized carbons (Fsp3) is 0.200. The van der Waals surface area contributed by atoms with Crippen LogP contribution in [-0.4, -0.2) is 13.2 Å². The fourth-order valence-corrected chi connectivity index (χ4v) is 3.33. The van der Waals surface area contributed by atoms with Crippen LogP contribution >= 0.6 is 31.9 Å². The Kier molecular flexibility index (Phi) is 4.19. The van der Waals surface area contributed by atoms with Gasteiger partial charge in [0.25, 0.3) is 0 Å². The standard InChI is InChI=1S/C15H12Br2FNO2/c16-10-7-13-12(20-4-5-21-13)6-9(10)15(19)8-2-1-3-11(18)14(8)17/h1-3,6-7,15H,4-5,19H2. The van der Waals surface area contributed by atoms with Gasteiger partial charge in [0, 0.05) is 4.47 Å². The second-order valence-electron chi connectivity index (χ2n) is 4.64. The van der Waals surface area contributed by atoms with E-state index in [4.69, 9.17) is 15.2 Å². The molecule has 0 saturated carbocycles. The predicted octanol–water partition coefficient (Wildman–Crippen LogP) is 4.17. The van der Waals surface area contributed by atoms with Gasteiger partial charge in [-0.25, -0.2) is 4.39 Å². The maximum Gasteiger partial charge on any atom is 0.162 e. The smallest absolute Gasteiger partial charge is 0.162 e. The van der Waals surface area contributed by atoms with Gasteiger partial charge in [-0.3, -0.25) is 0 Å². The van der Waals surface area contributed by atoms with Gasteiger partial charge in [-0.2, -0.15) is 0 Å². The minimum absolute atomic E-state index is 0.336. The molecule has 0 aliphatic carbocycles. The maximum absolute atomic E-state index is 13.7. The highest BCUT2D eigenvalue weighted by Crippen LogP contribution is 2.40. The van der Waals surface area contributed by atoms with E-state index in [-0.39, 0.29) is 5.82 Å². The summed E-state index contributed by atoms with van der Waals surface area (Å²) >= 11 is 6.74. The van der Waals surface area contributed by atoms with Crippen molar-refractivity contribution in [3.8, 4) is 11.5 Å². The molecule has 1 atom stereocenters. The number of fused-ring (bicyclic) bond motifs is 1. The quantitative estimate of drug-likeness (QED) is 0.798. The molecule has 1 unspecified atom stereocenters. The molecule has 21 heavy (non-hydrogen) atoms. The van der Waals surface area contributed by atoms with Gasteiger partial charge in [-0.05, 0) is 45.3 Å². The number of hydrogen-bond donors (Lipinski definition) is 1. The van der Waals surface area contributed by atoms with Gasteiger partial charge in [0.2, 0.25) is 0 Å². The number of benzene rings is 2. The van der Waals surface area contributed by atoms with Crippen LogP contribution < -0.4 is 15.2 Å². The summed E-state index contributed by atoms with van der Waals surface area (Å²) in [5.41, 5.74) is 7.78. The molecule has 2 aromatic rings. The lowest BCUT2D eigenvalue weighted by Gasteiger charge is -2.22. The molecule has 0 bridgehead atoms. The van der Waals surface area contributed by atoms with E-state index in [0.29, 0.717) is 34.7 Å².